The molecule has 22 heavy (non-hydrogen) atoms. The van der Waals surface area contributed by atoms with Gasteiger partial charge < -0.3 is 15.0 Å². The first-order chi connectivity index (χ1) is 10.2. The van der Waals surface area contributed by atoms with Gasteiger partial charge >= 0.3 is 0 Å². The second-order valence-corrected chi connectivity index (χ2v) is 5.93. The Morgan fingerprint density at radius 2 is 2.18 bits per heavy atom. The van der Waals surface area contributed by atoms with E-state index in [4.69, 9.17) is 4.74 Å². The van der Waals surface area contributed by atoms with Gasteiger partial charge in [0.15, 0.2) is 0 Å². The van der Waals surface area contributed by atoms with Gasteiger partial charge in [0.1, 0.15) is 11.9 Å². The average Bonchev–Trinajstić information content (AvgIpc) is 2.89. The van der Waals surface area contributed by atoms with E-state index in [9.17, 15) is 9.18 Å². The summed E-state index contributed by atoms with van der Waals surface area (Å²) in [6, 6.07) is 6.55. The summed E-state index contributed by atoms with van der Waals surface area (Å²) in [4.78, 5) is 14.5. The molecule has 0 saturated carbocycles. The summed E-state index contributed by atoms with van der Waals surface area (Å²) < 4.78 is 19.6. The highest BCUT2D eigenvalue weighted by Crippen LogP contribution is 2.36. The third kappa shape index (κ3) is 3.42. The predicted octanol–water partition coefficient (Wildman–Crippen LogP) is 2.15. The number of carbonyl (C=O) groups is 1. The number of hydrogen-bond acceptors (Lipinski definition) is 3. The maximum absolute atomic E-state index is 14.1. The van der Waals surface area contributed by atoms with Crippen LogP contribution in [0.15, 0.2) is 24.3 Å². The first kappa shape index (κ1) is 17.2. The van der Waals surface area contributed by atoms with Crippen molar-refractivity contribution in [1.29, 1.82) is 0 Å². The van der Waals surface area contributed by atoms with E-state index in [0.717, 1.165) is 13.0 Å². The number of carbonyl (C=O) groups excluding carboxylic acids is 1. The minimum absolute atomic E-state index is 0. The molecule has 2 heterocycles. The van der Waals surface area contributed by atoms with Crippen molar-refractivity contribution in [3.8, 4) is 0 Å². The van der Waals surface area contributed by atoms with E-state index in [2.05, 4.69) is 12.2 Å². The van der Waals surface area contributed by atoms with Gasteiger partial charge in [0.05, 0.1) is 12.6 Å². The van der Waals surface area contributed by atoms with Gasteiger partial charge in [-0.25, -0.2) is 4.39 Å². The van der Waals surface area contributed by atoms with Crippen molar-refractivity contribution in [1.82, 2.24) is 10.2 Å². The fraction of sp³-hybridized carbons (Fsp3) is 0.562. The number of nitrogens with one attached hydrogen (secondary N) is 1. The lowest BCUT2D eigenvalue weighted by atomic mass is 10.0. The number of nitrogens with zero attached hydrogens (tertiary/aromatic N) is 1. The summed E-state index contributed by atoms with van der Waals surface area (Å²) in [5, 5.41) is 3.17. The average molecular weight is 329 g/mol. The molecular formula is C16H22ClFN2O2. The fourth-order valence-electron chi connectivity index (χ4n) is 3.24. The molecule has 122 valence electrons. The largest absolute Gasteiger partial charge is 0.366 e. The van der Waals surface area contributed by atoms with Gasteiger partial charge in [-0.15, -0.1) is 12.4 Å². The summed E-state index contributed by atoms with van der Waals surface area (Å²) in [5.41, 5.74) is 0.610. The predicted molar refractivity (Wildman–Crippen MR) is 84.5 cm³/mol. The number of benzene rings is 1. The van der Waals surface area contributed by atoms with Crippen LogP contribution < -0.4 is 5.32 Å². The molecule has 1 aromatic carbocycles. The maximum Gasteiger partial charge on any atom is 0.253 e. The molecule has 2 unspecified atom stereocenters. The Bertz CT molecular complexity index is 523. The summed E-state index contributed by atoms with van der Waals surface area (Å²) in [5.74, 6) is 0.104. The molecule has 0 bridgehead atoms. The van der Waals surface area contributed by atoms with Crippen molar-refractivity contribution >= 4 is 18.3 Å². The smallest absolute Gasteiger partial charge is 0.253 e. The van der Waals surface area contributed by atoms with Crippen LogP contribution in [-0.2, 0) is 9.53 Å². The number of likely N-dealkylation sites (tertiary alicyclic amines) is 1. The van der Waals surface area contributed by atoms with Gasteiger partial charge in [0.25, 0.3) is 5.91 Å². The minimum atomic E-state index is -0.446. The molecule has 2 fully saturated rings. The molecule has 0 radical (unpaired) electrons. The SMILES string of the molecule is CC1CC(c2ccccc2F)N(C(=O)[C@H]2CNCCO2)C1.Cl. The summed E-state index contributed by atoms with van der Waals surface area (Å²) in [7, 11) is 0. The molecule has 2 aliphatic heterocycles. The van der Waals surface area contributed by atoms with Crippen molar-refractivity contribution in [2.75, 3.05) is 26.2 Å². The lowest BCUT2D eigenvalue weighted by molar-refractivity contribution is -0.146. The summed E-state index contributed by atoms with van der Waals surface area (Å²) >= 11 is 0. The first-order valence-corrected chi connectivity index (χ1v) is 7.54. The van der Waals surface area contributed by atoms with Crippen LogP contribution in [0.25, 0.3) is 0 Å². The van der Waals surface area contributed by atoms with E-state index < -0.39 is 6.10 Å². The molecule has 3 rings (SSSR count). The van der Waals surface area contributed by atoms with Gasteiger partial charge in [-0.2, -0.15) is 0 Å². The molecular weight excluding hydrogens is 307 g/mol. The highest BCUT2D eigenvalue weighted by molar-refractivity contribution is 5.85. The van der Waals surface area contributed by atoms with Crippen LogP contribution >= 0.6 is 12.4 Å². The highest BCUT2D eigenvalue weighted by Gasteiger charge is 2.38. The minimum Gasteiger partial charge on any atom is -0.366 e. The second-order valence-electron chi connectivity index (χ2n) is 5.93. The third-order valence-corrected chi connectivity index (χ3v) is 4.26. The fourth-order valence-corrected chi connectivity index (χ4v) is 3.24. The standard InChI is InChI=1S/C16H21FN2O2.ClH/c1-11-8-14(12-4-2-3-5-13(12)17)19(10-11)16(20)15-9-18-6-7-21-15;/h2-5,11,14-15,18H,6-10H2,1H3;1H/t11?,14?,15-;/m1./s1. The van der Waals surface area contributed by atoms with Gasteiger partial charge in [-0.3, -0.25) is 4.79 Å². The maximum atomic E-state index is 14.1. The van der Waals surface area contributed by atoms with Crippen LogP contribution in [0.2, 0.25) is 0 Å². The molecule has 6 heteroatoms. The number of morpholine rings is 1. The van der Waals surface area contributed by atoms with Gasteiger partial charge in [-0.05, 0) is 18.4 Å². The summed E-state index contributed by atoms with van der Waals surface area (Å²) in [6.07, 6.45) is 0.352. The Balaban J connectivity index is 0.00000176. The monoisotopic (exact) mass is 328 g/mol. The van der Waals surface area contributed by atoms with Crippen LogP contribution in [0.4, 0.5) is 4.39 Å². The van der Waals surface area contributed by atoms with E-state index in [0.29, 0.717) is 31.2 Å². The molecule has 1 aromatic rings. The highest BCUT2D eigenvalue weighted by atomic mass is 35.5. The normalized spacial score (nSPS) is 28.3. The van der Waals surface area contributed by atoms with E-state index in [1.807, 2.05) is 6.07 Å². The van der Waals surface area contributed by atoms with Crippen LogP contribution in [0.1, 0.15) is 24.9 Å². The molecule has 3 atom stereocenters. The molecule has 2 saturated heterocycles. The Labute approximate surface area is 136 Å². The Kier molecular flexibility index (Phi) is 5.78. The molecule has 1 N–H and O–H groups in total. The molecule has 4 nitrogen and oxygen atoms in total. The quantitative estimate of drug-likeness (QED) is 0.904. The molecule has 0 aliphatic carbocycles. The van der Waals surface area contributed by atoms with Crippen LogP contribution in [0.5, 0.6) is 0 Å². The van der Waals surface area contributed by atoms with Crippen molar-refractivity contribution in [2.45, 2.75) is 25.5 Å². The Morgan fingerprint density at radius 1 is 1.41 bits per heavy atom. The van der Waals surface area contributed by atoms with Gasteiger partial charge in [0, 0.05) is 25.2 Å². The van der Waals surface area contributed by atoms with Crippen molar-refractivity contribution < 1.29 is 13.9 Å². The Morgan fingerprint density at radius 3 is 2.86 bits per heavy atom. The van der Waals surface area contributed by atoms with E-state index >= 15 is 0 Å². The van der Waals surface area contributed by atoms with Crippen molar-refractivity contribution in [3.63, 3.8) is 0 Å². The third-order valence-electron chi connectivity index (χ3n) is 4.26. The number of rotatable bonds is 2. The number of amides is 1. The molecule has 1 amide bonds. The molecule has 2 aliphatic rings. The van der Waals surface area contributed by atoms with Gasteiger partial charge in [0.2, 0.25) is 0 Å². The number of halogens is 2. The number of hydrogen-bond donors (Lipinski definition) is 1. The Hall–Kier alpha value is -1.17. The zero-order valence-electron chi connectivity index (χ0n) is 12.6. The topological polar surface area (TPSA) is 41.6 Å². The van der Waals surface area contributed by atoms with Crippen LogP contribution in [0, 0.1) is 11.7 Å². The first-order valence-electron chi connectivity index (χ1n) is 7.54. The van der Waals surface area contributed by atoms with E-state index in [1.165, 1.54) is 6.07 Å². The van der Waals surface area contributed by atoms with E-state index in [1.54, 1.807) is 17.0 Å². The molecule has 0 aromatic heterocycles. The van der Waals surface area contributed by atoms with Gasteiger partial charge in [-0.1, -0.05) is 25.1 Å². The van der Waals surface area contributed by atoms with Crippen LogP contribution in [0.3, 0.4) is 0 Å². The van der Waals surface area contributed by atoms with Crippen LogP contribution in [-0.4, -0.2) is 43.2 Å². The zero-order valence-corrected chi connectivity index (χ0v) is 13.4. The lowest BCUT2D eigenvalue weighted by Gasteiger charge is -2.31. The van der Waals surface area contributed by atoms with Crippen molar-refractivity contribution in [2.24, 2.45) is 5.92 Å². The number of ether oxygens (including phenoxy) is 1. The second kappa shape index (κ2) is 7.40. The molecule has 0 spiro atoms. The van der Waals surface area contributed by atoms with E-state index in [-0.39, 0.29) is 30.2 Å². The van der Waals surface area contributed by atoms with Crippen molar-refractivity contribution in [3.05, 3.63) is 35.6 Å². The zero-order chi connectivity index (χ0) is 14.8. The summed E-state index contributed by atoms with van der Waals surface area (Å²) in [6.45, 7) is 4.62. The lowest BCUT2D eigenvalue weighted by Crippen LogP contribution is -2.49.